The normalized spacial score (nSPS) is 9.25. The van der Waals surface area contributed by atoms with Crippen molar-refractivity contribution in [1.29, 1.82) is 0 Å². The van der Waals surface area contributed by atoms with Crippen molar-refractivity contribution in [2.24, 2.45) is 0 Å². The molecule has 1 rings (SSSR count). The van der Waals surface area contributed by atoms with E-state index < -0.39 is 11.9 Å². The molecule has 0 aliphatic carbocycles. The molecule has 0 fully saturated rings. The van der Waals surface area contributed by atoms with Crippen LogP contribution in [-0.4, -0.2) is 23.8 Å². The third-order valence-electron chi connectivity index (χ3n) is 1.70. The number of aromatic carboxylic acids is 1. The number of rotatable bonds is 5. The van der Waals surface area contributed by atoms with Gasteiger partial charge in [-0.1, -0.05) is 18.7 Å². The zero-order valence-corrected chi connectivity index (χ0v) is 8.38. The van der Waals surface area contributed by atoms with Gasteiger partial charge in [0, 0.05) is 6.08 Å². The first-order valence-corrected chi connectivity index (χ1v) is 4.39. The van der Waals surface area contributed by atoms with Crippen molar-refractivity contribution in [2.45, 2.75) is 0 Å². The minimum absolute atomic E-state index is 0.0113. The summed E-state index contributed by atoms with van der Waals surface area (Å²) in [5, 5.41) is 8.82. The second kappa shape index (κ2) is 5.55. The summed E-state index contributed by atoms with van der Waals surface area (Å²) in [7, 11) is 0. The lowest BCUT2D eigenvalue weighted by Crippen LogP contribution is -2.10. The smallest absolute Gasteiger partial charge is 0.339 e. The molecule has 0 aromatic heterocycles. The van der Waals surface area contributed by atoms with E-state index >= 15 is 0 Å². The molecule has 0 aliphatic rings. The molecule has 0 unspecified atom stereocenters. The maximum Gasteiger partial charge on any atom is 0.339 e. The van der Waals surface area contributed by atoms with E-state index in [9.17, 15) is 9.59 Å². The fourth-order valence-electron chi connectivity index (χ4n) is 0.979. The average Bonchev–Trinajstić information content (AvgIpc) is 2.29. The summed E-state index contributed by atoms with van der Waals surface area (Å²) in [5.74, 6) is -1.59. The fraction of sp³-hybridized carbons (Fsp3) is 0.0909. The van der Waals surface area contributed by atoms with Crippen LogP contribution in [-0.2, 0) is 9.53 Å². The van der Waals surface area contributed by atoms with Crippen LogP contribution in [0.25, 0.3) is 0 Å². The van der Waals surface area contributed by atoms with E-state index in [4.69, 9.17) is 9.84 Å². The van der Waals surface area contributed by atoms with Gasteiger partial charge in [0.05, 0.1) is 0 Å². The van der Waals surface area contributed by atoms with Crippen molar-refractivity contribution in [3.05, 3.63) is 42.5 Å². The van der Waals surface area contributed by atoms with Gasteiger partial charge in [-0.3, -0.25) is 0 Å². The van der Waals surface area contributed by atoms with Crippen LogP contribution in [0, 0.1) is 0 Å². The number of benzene rings is 1. The van der Waals surface area contributed by atoms with Crippen molar-refractivity contribution in [3.8, 4) is 5.75 Å². The summed E-state index contributed by atoms with van der Waals surface area (Å²) in [6.07, 6.45) is 0.993. The first-order valence-electron chi connectivity index (χ1n) is 4.39. The SMILES string of the molecule is C=CC(=O)OCOc1ccccc1C(=O)O. The third kappa shape index (κ3) is 3.13. The summed E-state index contributed by atoms with van der Waals surface area (Å²) in [4.78, 5) is 21.5. The van der Waals surface area contributed by atoms with Gasteiger partial charge in [-0.25, -0.2) is 9.59 Å². The van der Waals surface area contributed by atoms with Gasteiger partial charge in [0.15, 0.2) is 0 Å². The quantitative estimate of drug-likeness (QED) is 0.463. The number of para-hydroxylation sites is 1. The second-order valence-electron chi connectivity index (χ2n) is 2.73. The Labute approximate surface area is 91.9 Å². The van der Waals surface area contributed by atoms with Gasteiger partial charge in [0.2, 0.25) is 6.79 Å². The Balaban J connectivity index is 2.63. The molecule has 0 saturated carbocycles. The Kier molecular flexibility index (Phi) is 4.08. The number of carboxylic acid groups (broad SMARTS) is 1. The first-order chi connectivity index (χ1) is 7.65. The van der Waals surface area contributed by atoms with Crippen molar-refractivity contribution < 1.29 is 24.2 Å². The molecular formula is C11H10O5. The summed E-state index contributed by atoms with van der Waals surface area (Å²) in [5.41, 5.74) is 0.0113. The molecule has 0 aliphatic heterocycles. The van der Waals surface area contributed by atoms with Gasteiger partial charge >= 0.3 is 11.9 Å². The monoisotopic (exact) mass is 222 g/mol. The molecule has 0 spiro atoms. The Morgan fingerprint density at radius 1 is 1.38 bits per heavy atom. The standard InChI is InChI=1S/C11H10O5/c1-2-10(12)16-7-15-9-6-4-3-5-8(9)11(13)14/h2-6H,1,7H2,(H,13,14). The largest absolute Gasteiger partial charge is 0.478 e. The molecule has 0 bridgehead atoms. The summed E-state index contributed by atoms with van der Waals surface area (Å²) >= 11 is 0. The number of hydrogen-bond donors (Lipinski definition) is 1. The van der Waals surface area contributed by atoms with Crippen molar-refractivity contribution in [2.75, 3.05) is 6.79 Å². The number of ether oxygens (including phenoxy) is 2. The molecule has 0 amide bonds. The van der Waals surface area contributed by atoms with Crippen LogP contribution in [0.1, 0.15) is 10.4 Å². The van der Waals surface area contributed by atoms with E-state index in [1.807, 2.05) is 0 Å². The molecule has 1 aromatic rings. The minimum atomic E-state index is -1.11. The summed E-state index contributed by atoms with van der Waals surface area (Å²) < 4.78 is 9.56. The van der Waals surface area contributed by atoms with Gasteiger partial charge < -0.3 is 14.6 Å². The molecule has 0 atom stereocenters. The number of esters is 1. The van der Waals surface area contributed by atoms with Gasteiger partial charge in [-0.2, -0.15) is 0 Å². The van der Waals surface area contributed by atoms with Crippen LogP contribution in [0.3, 0.4) is 0 Å². The zero-order valence-electron chi connectivity index (χ0n) is 8.38. The van der Waals surface area contributed by atoms with E-state index in [0.29, 0.717) is 0 Å². The van der Waals surface area contributed by atoms with Crippen LogP contribution >= 0.6 is 0 Å². The molecule has 1 aromatic carbocycles. The van der Waals surface area contributed by atoms with Crippen LogP contribution < -0.4 is 4.74 Å². The van der Waals surface area contributed by atoms with E-state index in [-0.39, 0.29) is 18.1 Å². The number of hydrogen-bond acceptors (Lipinski definition) is 4. The highest BCUT2D eigenvalue weighted by molar-refractivity contribution is 5.90. The minimum Gasteiger partial charge on any atom is -0.478 e. The molecule has 16 heavy (non-hydrogen) atoms. The Morgan fingerprint density at radius 3 is 2.69 bits per heavy atom. The molecule has 5 heteroatoms. The Hall–Kier alpha value is -2.30. The maximum atomic E-state index is 10.8. The van der Waals surface area contributed by atoms with E-state index in [2.05, 4.69) is 11.3 Å². The Morgan fingerprint density at radius 2 is 2.06 bits per heavy atom. The predicted octanol–water partition coefficient (Wildman–Crippen LogP) is 1.45. The maximum absolute atomic E-state index is 10.8. The molecule has 0 heterocycles. The predicted molar refractivity (Wildman–Crippen MR) is 55.2 cm³/mol. The topological polar surface area (TPSA) is 72.8 Å². The highest BCUT2D eigenvalue weighted by Crippen LogP contribution is 2.17. The van der Waals surface area contributed by atoms with Gasteiger partial charge in [0.25, 0.3) is 0 Å². The van der Waals surface area contributed by atoms with Gasteiger partial charge in [-0.15, -0.1) is 0 Å². The molecule has 0 radical (unpaired) electrons. The lowest BCUT2D eigenvalue weighted by atomic mass is 10.2. The lowest BCUT2D eigenvalue weighted by molar-refractivity contribution is -0.144. The van der Waals surface area contributed by atoms with E-state index in [1.165, 1.54) is 12.1 Å². The lowest BCUT2D eigenvalue weighted by Gasteiger charge is -2.08. The molecule has 84 valence electrons. The van der Waals surface area contributed by atoms with Crippen LogP contribution in [0.4, 0.5) is 0 Å². The van der Waals surface area contributed by atoms with E-state index in [1.54, 1.807) is 12.1 Å². The third-order valence-corrected chi connectivity index (χ3v) is 1.70. The fourth-order valence-corrected chi connectivity index (χ4v) is 0.979. The summed E-state index contributed by atoms with van der Waals surface area (Å²) in [6.45, 7) is 2.86. The van der Waals surface area contributed by atoms with Gasteiger partial charge in [-0.05, 0) is 12.1 Å². The number of carbonyl (C=O) groups excluding carboxylic acids is 1. The highest BCUT2D eigenvalue weighted by atomic mass is 16.7. The molecular weight excluding hydrogens is 212 g/mol. The molecule has 5 nitrogen and oxygen atoms in total. The number of carbonyl (C=O) groups is 2. The van der Waals surface area contributed by atoms with Crippen LogP contribution in [0.5, 0.6) is 5.75 Å². The summed E-state index contributed by atoms with van der Waals surface area (Å²) in [6, 6.07) is 6.07. The first kappa shape index (κ1) is 11.8. The van der Waals surface area contributed by atoms with Crippen LogP contribution in [0.15, 0.2) is 36.9 Å². The Bertz CT molecular complexity index is 411. The van der Waals surface area contributed by atoms with Crippen LogP contribution in [0.2, 0.25) is 0 Å². The van der Waals surface area contributed by atoms with E-state index in [0.717, 1.165) is 6.08 Å². The number of carboxylic acids is 1. The van der Waals surface area contributed by atoms with Crippen molar-refractivity contribution in [3.63, 3.8) is 0 Å². The average molecular weight is 222 g/mol. The van der Waals surface area contributed by atoms with Gasteiger partial charge in [0.1, 0.15) is 11.3 Å². The zero-order chi connectivity index (χ0) is 12.0. The highest BCUT2D eigenvalue weighted by Gasteiger charge is 2.10. The molecule has 1 N–H and O–H groups in total. The van der Waals surface area contributed by atoms with Crippen molar-refractivity contribution in [1.82, 2.24) is 0 Å². The second-order valence-corrected chi connectivity index (χ2v) is 2.73. The van der Waals surface area contributed by atoms with Crippen molar-refractivity contribution >= 4 is 11.9 Å². The molecule has 0 saturated heterocycles.